The van der Waals surface area contributed by atoms with E-state index in [0.717, 1.165) is 67.2 Å². The SMILES string of the molecule is c1ccc([Si](c2ccccc2)(c2nccc3c2-c2ccccc2C3)n2c3ccccc3n3c4cccc(-n5c6ccccc6c6ncccc65)c4nc23)cc1. The topological polar surface area (TPSA) is 52.9 Å². The largest absolute Gasteiger partial charge is 0.323 e. The maximum Gasteiger partial charge on any atom is 0.280 e. The van der Waals surface area contributed by atoms with Crippen molar-refractivity contribution < 1.29 is 0 Å². The van der Waals surface area contributed by atoms with Gasteiger partial charge in [0.25, 0.3) is 8.24 Å². The Bertz CT molecular complexity index is 3210. The molecule has 12 rings (SSSR count). The fraction of sp³-hybridized carbons (Fsp3) is 0.0208. The van der Waals surface area contributed by atoms with Gasteiger partial charge in [0.15, 0.2) is 0 Å². The molecule has 0 unspecified atom stereocenters. The van der Waals surface area contributed by atoms with Crippen molar-refractivity contribution in [3.05, 3.63) is 193 Å². The van der Waals surface area contributed by atoms with Gasteiger partial charge >= 0.3 is 0 Å². The fourth-order valence-electron chi connectivity index (χ4n) is 9.47. The minimum absolute atomic E-state index is 0.890. The van der Waals surface area contributed by atoms with E-state index in [1.165, 1.54) is 32.6 Å². The molecule has 0 radical (unpaired) electrons. The van der Waals surface area contributed by atoms with Crippen LogP contribution in [0.1, 0.15) is 11.1 Å². The molecule has 1 aliphatic carbocycles. The number of fused-ring (bicyclic) bond motifs is 11. The molecule has 0 N–H and O–H groups in total. The molecule has 5 aromatic heterocycles. The zero-order valence-corrected chi connectivity index (χ0v) is 30.7. The van der Waals surface area contributed by atoms with Crippen molar-refractivity contribution in [1.29, 1.82) is 0 Å². The lowest BCUT2D eigenvalue weighted by molar-refractivity contribution is 1.17. The molecule has 5 heterocycles. The van der Waals surface area contributed by atoms with Gasteiger partial charge in [-0.3, -0.25) is 14.4 Å². The fourth-order valence-corrected chi connectivity index (χ4v) is 14.4. The van der Waals surface area contributed by atoms with Crippen molar-refractivity contribution in [2.24, 2.45) is 0 Å². The minimum atomic E-state index is -3.33. The molecular weight excluding hydrogens is 689 g/mol. The molecule has 0 amide bonds. The van der Waals surface area contributed by atoms with Crippen LogP contribution in [0.5, 0.6) is 0 Å². The summed E-state index contributed by atoms with van der Waals surface area (Å²) in [7, 11) is -3.33. The Morgan fingerprint density at radius 2 is 1.15 bits per heavy atom. The smallest absolute Gasteiger partial charge is 0.280 e. The summed E-state index contributed by atoms with van der Waals surface area (Å²) in [5.41, 5.74) is 13.6. The Kier molecular flexibility index (Phi) is 6.33. The predicted octanol–water partition coefficient (Wildman–Crippen LogP) is 8.42. The quantitative estimate of drug-likeness (QED) is 0.168. The first kappa shape index (κ1) is 30.4. The third-order valence-corrected chi connectivity index (χ3v) is 16.2. The van der Waals surface area contributed by atoms with E-state index in [-0.39, 0.29) is 0 Å². The first-order valence-electron chi connectivity index (χ1n) is 18.8. The van der Waals surface area contributed by atoms with E-state index in [1.807, 2.05) is 18.5 Å². The maximum absolute atomic E-state index is 5.79. The molecule has 0 bridgehead atoms. The number of benzene rings is 6. The molecular formula is C48H32N6Si. The van der Waals surface area contributed by atoms with Crippen LogP contribution in [0.2, 0.25) is 0 Å². The molecule has 258 valence electrons. The van der Waals surface area contributed by atoms with Crippen molar-refractivity contribution in [2.75, 3.05) is 0 Å². The van der Waals surface area contributed by atoms with E-state index >= 15 is 0 Å². The molecule has 1 aliphatic rings. The van der Waals surface area contributed by atoms with Crippen LogP contribution in [-0.2, 0) is 6.42 Å². The number of hydrogen-bond acceptors (Lipinski definition) is 3. The van der Waals surface area contributed by atoms with Gasteiger partial charge in [0.2, 0.25) is 5.78 Å². The Morgan fingerprint density at radius 1 is 0.473 bits per heavy atom. The van der Waals surface area contributed by atoms with Crippen molar-refractivity contribution in [3.8, 4) is 16.8 Å². The first-order chi connectivity index (χ1) is 27.3. The highest BCUT2D eigenvalue weighted by Gasteiger charge is 2.49. The number of para-hydroxylation sites is 4. The summed E-state index contributed by atoms with van der Waals surface area (Å²) in [5, 5.41) is 4.74. The summed E-state index contributed by atoms with van der Waals surface area (Å²) in [6, 6.07) is 61.4. The van der Waals surface area contributed by atoms with Crippen LogP contribution in [0.3, 0.4) is 0 Å². The molecule has 0 saturated carbocycles. The average Bonchev–Trinajstić information content (AvgIpc) is 4.00. The van der Waals surface area contributed by atoms with Crippen molar-refractivity contribution >= 4 is 73.7 Å². The Labute approximate surface area is 317 Å². The second-order valence-corrected chi connectivity index (χ2v) is 17.9. The van der Waals surface area contributed by atoms with E-state index in [0.29, 0.717) is 0 Å². The molecule has 0 aliphatic heterocycles. The van der Waals surface area contributed by atoms with Crippen molar-refractivity contribution in [2.45, 2.75) is 6.42 Å². The summed E-state index contributed by atoms with van der Waals surface area (Å²) in [4.78, 5) is 16.2. The monoisotopic (exact) mass is 720 g/mol. The summed E-state index contributed by atoms with van der Waals surface area (Å²) in [6.07, 6.45) is 4.80. The number of aromatic nitrogens is 6. The van der Waals surface area contributed by atoms with E-state index in [4.69, 9.17) is 15.0 Å². The summed E-state index contributed by atoms with van der Waals surface area (Å²) in [6.45, 7) is 0. The average molecular weight is 721 g/mol. The second kappa shape index (κ2) is 11.5. The van der Waals surface area contributed by atoms with Gasteiger partial charge in [0, 0.05) is 23.3 Å². The van der Waals surface area contributed by atoms with Crippen LogP contribution in [0.25, 0.3) is 66.6 Å². The van der Waals surface area contributed by atoms with E-state index in [1.54, 1.807) is 0 Å². The summed E-state index contributed by atoms with van der Waals surface area (Å²) in [5.74, 6) is 0.896. The number of rotatable bonds is 5. The normalized spacial score (nSPS) is 12.7. The third kappa shape index (κ3) is 4.05. The molecule has 0 spiro atoms. The number of nitrogens with zero attached hydrogens (tertiary/aromatic N) is 6. The molecule has 0 fully saturated rings. The van der Waals surface area contributed by atoms with E-state index in [9.17, 15) is 0 Å². The zero-order chi connectivity index (χ0) is 36.1. The predicted molar refractivity (Wildman–Crippen MR) is 226 cm³/mol. The van der Waals surface area contributed by atoms with Crippen molar-refractivity contribution in [1.82, 2.24) is 28.2 Å². The van der Waals surface area contributed by atoms with Crippen LogP contribution in [0.4, 0.5) is 0 Å². The Balaban J connectivity index is 1.28. The lowest BCUT2D eigenvalue weighted by Gasteiger charge is -2.35. The molecule has 6 aromatic carbocycles. The van der Waals surface area contributed by atoms with E-state index < -0.39 is 8.24 Å². The summed E-state index contributed by atoms with van der Waals surface area (Å²) < 4.78 is 7.32. The van der Waals surface area contributed by atoms with Gasteiger partial charge < -0.3 is 8.80 Å². The van der Waals surface area contributed by atoms with Gasteiger partial charge in [-0.1, -0.05) is 121 Å². The van der Waals surface area contributed by atoms with Gasteiger partial charge in [0.1, 0.15) is 5.52 Å². The van der Waals surface area contributed by atoms with Gasteiger partial charge in [-0.25, -0.2) is 4.98 Å². The minimum Gasteiger partial charge on any atom is -0.323 e. The molecule has 11 aromatic rings. The maximum atomic E-state index is 5.79. The van der Waals surface area contributed by atoms with Crippen LogP contribution < -0.4 is 15.7 Å². The molecule has 6 nitrogen and oxygen atoms in total. The lowest BCUT2D eigenvalue weighted by Crippen LogP contribution is -2.73. The molecule has 55 heavy (non-hydrogen) atoms. The Hall–Kier alpha value is -7.09. The van der Waals surface area contributed by atoms with Crippen LogP contribution in [0, 0.1) is 0 Å². The molecule has 0 atom stereocenters. The number of imidazole rings is 2. The first-order valence-corrected chi connectivity index (χ1v) is 20.7. The van der Waals surface area contributed by atoms with Gasteiger partial charge in [-0.2, -0.15) is 0 Å². The lowest BCUT2D eigenvalue weighted by atomic mass is 10.1. The second-order valence-electron chi connectivity index (χ2n) is 14.4. The highest BCUT2D eigenvalue weighted by atomic mass is 28.3. The molecule has 0 saturated heterocycles. The third-order valence-electron chi connectivity index (χ3n) is 11.6. The highest BCUT2D eigenvalue weighted by Crippen LogP contribution is 2.39. The van der Waals surface area contributed by atoms with Crippen molar-refractivity contribution in [3.63, 3.8) is 0 Å². The van der Waals surface area contributed by atoms with Gasteiger partial charge in [0.05, 0.1) is 44.1 Å². The molecule has 7 heteroatoms. The highest BCUT2D eigenvalue weighted by molar-refractivity contribution is 7.11. The number of pyridine rings is 2. The van der Waals surface area contributed by atoms with E-state index in [2.05, 4.69) is 177 Å². The van der Waals surface area contributed by atoms with Crippen LogP contribution in [0.15, 0.2) is 182 Å². The Morgan fingerprint density at radius 3 is 1.96 bits per heavy atom. The zero-order valence-electron chi connectivity index (χ0n) is 29.7. The van der Waals surface area contributed by atoms with Gasteiger partial charge in [-0.15, -0.1) is 0 Å². The standard InChI is InChI=1S/C48H32N6Si/c1-3-16-34(17-4-1)55(35-18-5-2-6-19-35,47-44-33(28-30-50-47)31-32-15-7-8-20-36(32)44)54-40-24-12-11-23-39(40)53-43-26-13-25-42(46(43)51-48(53)54)52-38-22-10-9-21-37(38)45-41(52)27-14-29-49-45/h1-30H,31H2. The van der Waals surface area contributed by atoms with Crippen LogP contribution in [-0.4, -0.2) is 36.4 Å². The van der Waals surface area contributed by atoms with Crippen LogP contribution >= 0.6 is 0 Å². The van der Waals surface area contributed by atoms with Gasteiger partial charge in [-0.05, 0) is 82.0 Å². The summed E-state index contributed by atoms with van der Waals surface area (Å²) >= 11 is 0. The number of hydrogen-bond donors (Lipinski definition) is 0.